The van der Waals surface area contributed by atoms with E-state index in [4.69, 9.17) is 4.55 Å². The first-order valence-corrected chi connectivity index (χ1v) is 5.87. The van der Waals surface area contributed by atoms with Gasteiger partial charge in [0.25, 0.3) is 10.1 Å². The Hall–Kier alpha value is -1.72. The van der Waals surface area contributed by atoms with E-state index in [0.29, 0.717) is 11.1 Å². The van der Waals surface area contributed by atoms with E-state index in [0.717, 1.165) is 0 Å². The number of benzene rings is 1. The van der Waals surface area contributed by atoms with E-state index in [9.17, 15) is 13.2 Å². The maximum absolute atomic E-state index is 11.3. The van der Waals surface area contributed by atoms with Crippen molar-refractivity contribution in [1.82, 2.24) is 0 Å². The molecule has 0 saturated heterocycles. The SMILES string of the molecule is C=C1C(=O)C=Cc2ccc(S(=O)(=O)O)cc21. The third kappa shape index (κ3) is 1.70. The number of ketones is 1. The molecule has 0 heterocycles. The van der Waals surface area contributed by atoms with Crippen LogP contribution in [0, 0.1) is 0 Å². The molecule has 0 amide bonds. The molecule has 0 atom stereocenters. The summed E-state index contributed by atoms with van der Waals surface area (Å²) in [6.45, 7) is 3.58. The second-order valence-corrected chi connectivity index (χ2v) is 4.82. The van der Waals surface area contributed by atoms with Crippen LogP contribution in [0.4, 0.5) is 0 Å². The van der Waals surface area contributed by atoms with E-state index in [1.807, 2.05) is 0 Å². The number of allylic oxidation sites excluding steroid dienone is 2. The third-order valence-electron chi connectivity index (χ3n) is 2.36. The van der Waals surface area contributed by atoms with Gasteiger partial charge in [-0.2, -0.15) is 8.42 Å². The van der Waals surface area contributed by atoms with Crippen LogP contribution in [-0.2, 0) is 14.9 Å². The summed E-state index contributed by atoms with van der Waals surface area (Å²) < 4.78 is 30.7. The number of carbonyl (C=O) groups excluding carboxylic acids is 1. The van der Waals surface area contributed by atoms with Crippen LogP contribution in [0.15, 0.2) is 35.7 Å². The lowest BCUT2D eigenvalue weighted by Crippen LogP contribution is -2.06. The number of hydrogen-bond donors (Lipinski definition) is 1. The van der Waals surface area contributed by atoms with Gasteiger partial charge < -0.3 is 0 Å². The van der Waals surface area contributed by atoms with Crippen molar-refractivity contribution in [3.8, 4) is 0 Å². The zero-order valence-electron chi connectivity index (χ0n) is 8.17. The number of rotatable bonds is 1. The van der Waals surface area contributed by atoms with Crippen molar-refractivity contribution < 1.29 is 17.8 Å². The molecule has 5 heteroatoms. The summed E-state index contributed by atoms with van der Waals surface area (Å²) in [4.78, 5) is 11.1. The molecule has 0 unspecified atom stereocenters. The average molecular weight is 236 g/mol. The molecule has 1 aromatic carbocycles. The van der Waals surface area contributed by atoms with E-state index in [1.54, 1.807) is 6.08 Å². The molecular weight excluding hydrogens is 228 g/mol. The largest absolute Gasteiger partial charge is 0.294 e. The lowest BCUT2D eigenvalue weighted by Gasteiger charge is -2.12. The molecule has 0 bridgehead atoms. The standard InChI is InChI=1S/C11H8O4S/c1-7-10-6-9(16(13,14)15)4-2-8(10)3-5-11(7)12/h2-6H,1H2,(H,13,14,15). The Balaban J connectivity index is 2.68. The fraction of sp³-hybridized carbons (Fsp3) is 0. The highest BCUT2D eigenvalue weighted by Gasteiger charge is 2.18. The smallest absolute Gasteiger partial charge is 0.289 e. The Morgan fingerprint density at radius 3 is 2.50 bits per heavy atom. The highest BCUT2D eigenvalue weighted by Crippen LogP contribution is 2.27. The van der Waals surface area contributed by atoms with Gasteiger partial charge >= 0.3 is 0 Å². The first-order chi connectivity index (χ1) is 7.39. The Morgan fingerprint density at radius 2 is 1.88 bits per heavy atom. The molecule has 1 N–H and O–H groups in total. The van der Waals surface area contributed by atoms with Crippen molar-refractivity contribution in [2.75, 3.05) is 0 Å². The summed E-state index contributed by atoms with van der Waals surface area (Å²) in [5, 5.41) is 0. The van der Waals surface area contributed by atoms with Gasteiger partial charge in [-0.3, -0.25) is 9.35 Å². The molecule has 2 rings (SSSR count). The van der Waals surface area contributed by atoms with Crippen LogP contribution in [0.5, 0.6) is 0 Å². The monoisotopic (exact) mass is 236 g/mol. The molecule has 0 aliphatic heterocycles. The van der Waals surface area contributed by atoms with E-state index >= 15 is 0 Å². The van der Waals surface area contributed by atoms with Crippen LogP contribution in [0.3, 0.4) is 0 Å². The van der Waals surface area contributed by atoms with Crippen molar-refractivity contribution in [2.45, 2.75) is 4.90 Å². The van der Waals surface area contributed by atoms with Gasteiger partial charge in [-0.15, -0.1) is 0 Å². The predicted octanol–water partition coefficient (Wildman–Crippen LogP) is 1.54. The Bertz CT molecular complexity index is 623. The van der Waals surface area contributed by atoms with Crippen LogP contribution in [-0.4, -0.2) is 18.8 Å². The molecule has 16 heavy (non-hydrogen) atoms. The molecule has 0 fully saturated rings. The molecule has 0 radical (unpaired) electrons. The number of carbonyl (C=O) groups is 1. The fourth-order valence-corrected chi connectivity index (χ4v) is 2.01. The minimum Gasteiger partial charge on any atom is -0.289 e. The van der Waals surface area contributed by atoms with Crippen molar-refractivity contribution in [3.05, 3.63) is 42.0 Å². The lowest BCUT2D eigenvalue weighted by atomic mass is 9.93. The maximum atomic E-state index is 11.3. The second-order valence-electron chi connectivity index (χ2n) is 3.40. The zero-order chi connectivity index (χ0) is 11.9. The van der Waals surface area contributed by atoms with Crippen LogP contribution < -0.4 is 0 Å². The van der Waals surface area contributed by atoms with Crippen molar-refractivity contribution >= 4 is 27.6 Å². The van der Waals surface area contributed by atoms with Gasteiger partial charge in [0.15, 0.2) is 5.78 Å². The third-order valence-corrected chi connectivity index (χ3v) is 3.21. The van der Waals surface area contributed by atoms with E-state index < -0.39 is 10.1 Å². The predicted molar refractivity (Wildman–Crippen MR) is 59.3 cm³/mol. The summed E-state index contributed by atoms with van der Waals surface area (Å²) in [5.74, 6) is -0.264. The fourth-order valence-electron chi connectivity index (χ4n) is 1.50. The van der Waals surface area contributed by atoms with Gasteiger partial charge in [0.05, 0.1) is 4.90 Å². The first kappa shape index (κ1) is 10.8. The Morgan fingerprint density at radius 1 is 1.19 bits per heavy atom. The molecule has 1 aliphatic rings. The summed E-state index contributed by atoms with van der Waals surface area (Å²) in [6.07, 6.45) is 2.96. The topological polar surface area (TPSA) is 71.4 Å². The molecular formula is C11H8O4S. The van der Waals surface area contributed by atoms with Crippen molar-refractivity contribution in [3.63, 3.8) is 0 Å². The quantitative estimate of drug-likeness (QED) is 0.593. The minimum absolute atomic E-state index is 0.225. The molecule has 1 aliphatic carbocycles. The van der Waals surface area contributed by atoms with E-state index in [1.165, 1.54) is 24.3 Å². The number of hydrogen-bond acceptors (Lipinski definition) is 3. The van der Waals surface area contributed by atoms with Crippen LogP contribution in [0.1, 0.15) is 11.1 Å². The van der Waals surface area contributed by atoms with Gasteiger partial charge in [-0.05, 0) is 29.3 Å². The van der Waals surface area contributed by atoms with Crippen LogP contribution in [0.25, 0.3) is 11.6 Å². The molecule has 0 saturated carbocycles. The second kappa shape index (κ2) is 3.40. The minimum atomic E-state index is -4.25. The van der Waals surface area contributed by atoms with Crippen molar-refractivity contribution in [2.24, 2.45) is 0 Å². The average Bonchev–Trinajstić information content (AvgIpc) is 2.22. The van der Waals surface area contributed by atoms with Gasteiger partial charge in [-0.1, -0.05) is 18.7 Å². The maximum Gasteiger partial charge on any atom is 0.294 e. The summed E-state index contributed by atoms with van der Waals surface area (Å²) >= 11 is 0. The first-order valence-electron chi connectivity index (χ1n) is 4.43. The van der Waals surface area contributed by atoms with E-state index in [-0.39, 0.29) is 16.3 Å². The normalized spacial score (nSPS) is 15.1. The van der Waals surface area contributed by atoms with Gasteiger partial charge in [-0.25, -0.2) is 0 Å². The van der Waals surface area contributed by atoms with Gasteiger partial charge in [0.2, 0.25) is 0 Å². The van der Waals surface area contributed by atoms with E-state index in [2.05, 4.69) is 6.58 Å². The molecule has 1 aromatic rings. The summed E-state index contributed by atoms with van der Waals surface area (Å²) in [7, 11) is -4.25. The highest BCUT2D eigenvalue weighted by molar-refractivity contribution is 7.85. The molecule has 4 nitrogen and oxygen atoms in total. The zero-order valence-corrected chi connectivity index (χ0v) is 8.99. The van der Waals surface area contributed by atoms with Crippen molar-refractivity contribution in [1.29, 1.82) is 0 Å². The molecule has 0 spiro atoms. The lowest BCUT2D eigenvalue weighted by molar-refractivity contribution is -0.109. The van der Waals surface area contributed by atoms with Crippen LogP contribution in [0.2, 0.25) is 0 Å². The Kier molecular flexibility index (Phi) is 2.29. The highest BCUT2D eigenvalue weighted by atomic mass is 32.2. The summed E-state index contributed by atoms with van der Waals surface area (Å²) in [6, 6.07) is 4.04. The summed E-state index contributed by atoms with van der Waals surface area (Å²) in [5.41, 5.74) is 1.36. The molecule has 0 aromatic heterocycles. The Labute approximate surface area is 92.7 Å². The number of fused-ring (bicyclic) bond motifs is 1. The van der Waals surface area contributed by atoms with Gasteiger partial charge in [0, 0.05) is 5.57 Å². The molecule has 82 valence electrons. The van der Waals surface area contributed by atoms with Crippen LogP contribution >= 0.6 is 0 Å². The van der Waals surface area contributed by atoms with Gasteiger partial charge in [0.1, 0.15) is 0 Å².